The van der Waals surface area contributed by atoms with Crippen molar-refractivity contribution in [3.05, 3.63) is 58.4 Å². The van der Waals surface area contributed by atoms with Crippen molar-refractivity contribution in [2.24, 2.45) is 0 Å². The van der Waals surface area contributed by atoms with Gasteiger partial charge in [0.2, 0.25) is 0 Å². The van der Waals surface area contributed by atoms with E-state index >= 15 is 0 Å². The fraction of sp³-hybridized carbons (Fsp3) is 0.188. The minimum absolute atomic E-state index is 0.0687. The van der Waals surface area contributed by atoms with Crippen LogP contribution in [0.3, 0.4) is 0 Å². The predicted molar refractivity (Wildman–Crippen MR) is 82.1 cm³/mol. The molecule has 22 heavy (non-hydrogen) atoms. The zero-order chi connectivity index (χ0) is 16.1. The third kappa shape index (κ3) is 3.49. The number of hydrogen-bond acceptors (Lipinski definition) is 3. The van der Waals surface area contributed by atoms with Gasteiger partial charge >= 0.3 is 0 Å². The molecular weight excluding hydrogens is 309 g/mol. The summed E-state index contributed by atoms with van der Waals surface area (Å²) in [6, 6.07) is 9.32. The number of amides is 1. The highest BCUT2D eigenvalue weighted by Gasteiger charge is 2.16. The molecule has 0 heterocycles. The van der Waals surface area contributed by atoms with Gasteiger partial charge in [0.1, 0.15) is 17.3 Å². The minimum atomic E-state index is -0.660. The van der Waals surface area contributed by atoms with Crippen LogP contribution in [0.4, 0.5) is 4.39 Å². The topological polar surface area (TPSA) is 47.6 Å². The number of benzene rings is 2. The molecule has 1 amide bonds. The zero-order valence-corrected chi connectivity index (χ0v) is 12.9. The molecule has 4 nitrogen and oxygen atoms in total. The molecule has 0 unspecified atom stereocenters. The van der Waals surface area contributed by atoms with Crippen LogP contribution in [0.15, 0.2) is 36.4 Å². The number of hydrogen-bond donors (Lipinski definition) is 1. The molecule has 0 radical (unpaired) electrons. The molecule has 0 spiro atoms. The Hall–Kier alpha value is -2.27. The van der Waals surface area contributed by atoms with Crippen LogP contribution in [0.5, 0.6) is 11.5 Å². The average Bonchev–Trinajstić information content (AvgIpc) is 2.52. The number of rotatable bonds is 5. The second-order valence-electron chi connectivity index (χ2n) is 4.46. The Balaban J connectivity index is 2.15. The lowest BCUT2D eigenvalue weighted by Crippen LogP contribution is -2.24. The van der Waals surface area contributed by atoms with E-state index < -0.39 is 11.7 Å². The maximum atomic E-state index is 13.7. The van der Waals surface area contributed by atoms with Gasteiger partial charge in [0, 0.05) is 18.2 Å². The van der Waals surface area contributed by atoms with Crippen molar-refractivity contribution in [3.63, 3.8) is 0 Å². The molecule has 116 valence electrons. The van der Waals surface area contributed by atoms with E-state index in [1.54, 1.807) is 25.3 Å². The molecule has 2 aromatic rings. The highest BCUT2D eigenvalue weighted by Crippen LogP contribution is 2.25. The Morgan fingerprint density at radius 1 is 1.23 bits per heavy atom. The maximum Gasteiger partial charge on any atom is 0.256 e. The summed E-state index contributed by atoms with van der Waals surface area (Å²) in [7, 11) is 3.07. The molecule has 0 aliphatic rings. The largest absolute Gasteiger partial charge is 0.497 e. The van der Waals surface area contributed by atoms with Gasteiger partial charge in [0.05, 0.1) is 24.8 Å². The first-order valence-corrected chi connectivity index (χ1v) is 6.87. The number of carbonyl (C=O) groups is 1. The van der Waals surface area contributed by atoms with Gasteiger partial charge < -0.3 is 14.8 Å². The van der Waals surface area contributed by atoms with Crippen molar-refractivity contribution < 1.29 is 18.7 Å². The molecule has 6 heteroatoms. The Kier molecular flexibility index (Phi) is 5.22. The quantitative estimate of drug-likeness (QED) is 0.917. The van der Waals surface area contributed by atoms with Crippen LogP contribution >= 0.6 is 11.6 Å². The van der Waals surface area contributed by atoms with E-state index in [0.717, 1.165) is 5.56 Å². The van der Waals surface area contributed by atoms with E-state index in [9.17, 15) is 9.18 Å². The lowest BCUT2D eigenvalue weighted by atomic mass is 10.1. The summed E-state index contributed by atoms with van der Waals surface area (Å²) in [5.41, 5.74) is 0.570. The summed E-state index contributed by atoms with van der Waals surface area (Å²) in [5, 5.41) is 2.69. The van der Waals surface area contributed by atoms with Gasteiger partial charge in [-0.25, -0.2) is 4.39 Å². The Labute approximate surface area is 132 Å². The van der Waals surface area contributed by atoms with Crippen LogP contribution in [-0.4, -0.2) is 20.1 Å². The molecule has 0 aliphatic heterocycles. The van der Waals surface area contributed by atoms with Crippen LogP contribution < -0.4 is 14.8 Å². The Morgan fingerprint density at radius 3 is 2.64 bits per heavy atom. The van der Waals surface area contributed by atoms with Gasteiger partial charge in [-0.1, -0.05) is 17.7 Å². The molecule has 1 N–H and O–H groups in total. The lowest BCUT2D eigenvalue weighted by molar-refractivity contribution is 0.0947. The number of ether oxygens (including phenoxy) is 2. The first-order valence-electron chi connectivity index (χ1n) is 6.50. The van der Waals surface area contributed by atoms with E-state index in [1.165, 1.54) is 25.3 Å². The third-order valence-electron chi connectivity index (χ3n) is 3.12. The van der Waals surface area contributed by atoms with Gasteiger partial charge in [-0.05, 0) is 24.3 Å². The summed E-state index contributed by atoms with van der Waals surface area (Å²) in [4.78, 5) is 12.1. The monoisotopic (exact) mass is 323 g/mol. The van der Waals surface area contributed by atoms with Crippen molar-refractivity contribution in [2.45, 2.75) is 6.54 Å². The van der Waals surface area contributed by atoms with Gasteiger partial charge in [-0.2, -0.15) is 0 Å². The number of methoxy groups -OCH3 is 2. The molecule has 0 aliphatic carbocycles. The van der Waals surface area contributed by atoms with Crippen molar-refractivity contribution in [1.29, 1.82) is 0 Å². The van der Waals surface area contributed by atoms with Crippen LogP contribution in [0.1, 0.15) is 15.9 Å². The summed E-state index contributed by atoms with van der Waals surface area (Å²) in [5.74, 6) is -0.0315. The molecule has 0 saturated carbocycles. The SMILES string of the molecule is COc1ccc(CNC(=O)c2c(F)cccc2Cl)c(OC)c1. The first kappa shape index (κ1) is 16.1. The minimum Gasteiger partial charge on any atom is -0.497 e. The van der Waals surface area contributed by atoms with Crippen LogP contribution in [0.25, 0.3) is 0 Å². The second-order valence-corrected chi connectivity index (χ2v) is 4.86. The van der Waals surface area contributed by atoms with Crippen LogP contribution in [0.2, 0.25) is 5.02 Å². The summed E-state index contributed by atoms with van der Waals surface area (Å²) in [6.45, 7) is 0.177. The number of carbonyl (C=O) groups excluding carboxylic acids is 1. The summed E-state index contributed by atoms with van der Waals surface area (Å²) < 4.78 is 24.0. The maximum absolute atomic E-state index is 13.7. The van der Waals surface area contributed by atoms with E-state index in [0.29, 0.717) is 11.5 Å². The lowest BCUT2D eigenvalue weighted by Gasteiger charge is -2.12. The van der Waals surface area contributed by atoms with Crippen LogP contribution in [-0.2, 0) is 6.54 Å². The van der Waals surface area contributed by atoms with E-state index in [2.05, 4.69) is 5.32 Å². The van der Waals surface area contributed by atoms with E-state index in [-0.39, 0.29) is 17.1 Å². The fourth-order valence-electron chi connectivity index (χ4n) is 1.98. The van der Waals surface area contributed by atoms with Gasteiger partial charge in [0.15, 0.2) is 0 Å². The molecular formula is C16H15ClFNO3. The summed E-state index contributed by atoms with van der Waals surface area (Å²) >= 11 is 5.86. The summed E-state index contributed by atoms with van der Waals surface area (Å²) in [6.07, 6.45) is 0. The Bertz CT molecular complexity index is 671. The third-order valence-corrected chi connectivity index (χ3v) is 3.44. The van der Waals surface area contributed by atoms with Gasteiger partial charge in [-0.3, -0.25) is 4.79 Å². The Morgan fingerprint density at radius 2 is 2.00 bits per heavy atom. The molecule has 0 fully saturated rings. The first-order chi connectivity index (χ1) is 10.6. The second kappa shape index (κ2) is 7.13. The van der Waals surface area contributed by atoms with Crippen molar-refractivity contribution in [1.82, 2.24) is 5.32 Å². The average molecular weight is 324 g/mol. The van der Waals surface area contributed by atoms with Crippen molar-refractivity contribution >= 4 is 17.5 Å². The highest BCUT2D eigenvalue weighted by molar-refractivity contribution is 6.33. The van der Waals surface area contributed by atoms with Crippen molar-refractivity contribution in [3.8, 4) is 11.5 Å². The smallest absolute Gasteiger partial charge is 0.256 e. The van der Waals surface area contributed by atoms with Crippen LogP contribution in [0, 0.1) is 5.82 Å². The fourth-order valence-corrected chi connectivity index (χ4v) is 2.23. The standard InChI is InChI=1S/C16H15ClFNO3/c1-21-11-7-6-10(14(8-11)22-2)9-19-16(20)15-12(17)4-3-5-13(15)18/h3-8H,9H2,1-2H3,(H,19,20). The number of halogens is 2. The molecule has 0 bridgehead atoms. The molecule has 0 aromatic heterocycles. The van der Waals surface area contributed by atoms with Gasteiger partial charge in [-0.15, -0.1) is 0 Å². The highest BCUT2D eigenvalue weighted by atomic mass is 35.5. The van der Waals surface area contributed by atoms with E-state index in [4.69, 9.17) is 21.1 Å². The molecule has 2 aromatic carbocycles. The zero-order valence-electron chi connectivity index (χ0n) is 12.2. The predicted octanol–water partition coefficient (Wildman–Crippen LogP) is 3.43. The molecule has 0 atom stereocenters. The van der Waals surface area contributed by atoms with Crippen molar-refractivity contribution in [2.75, 3.05) is 14.2 Å². The van der Waals surface area contributed by atoms with Gasteiger partial charge in [0.25, 0.3) is 5.91 Å². The van der Waals surface area contributed by atoms with E-state index in [1.807, 2.05) is 0 Å². The molecule has 2 rings (SSSR count). The number of nitrogens with one attached hydrogen (secondary N) is 1. The normalized spacial score (nSPS) is 10.2. The molecule has 0 saturated heterocycles.